The van der Waals surface area contributed by atoms with Crippen LogP contribution in [-0.2, 0) is 26.2 Å². The second-order valence-corrected chi connectivity index (χ2v) is 12.0. The molecule has 0 aliphatic rings. The molecule has 0 saturated carbocycles. The highest BCUT2D eigenvalue weighted by Crippen LogP contribution is 2.32. The third-order valence-corrected chi connectivity index (χ3v) is 8.99. The van der Waals surface area contributed by atoms with Crippen LogP contribution in [-0.4, -0.2) is 58.5 Å². The van der Waals surface area contributed by atoms with Gasteiger partial charge in [-0.3, -0.25) is 13.9 Å². The van der Waals surface area contributed by atoms with Crippen molar-refractivity contribution in [3.05, 3.63) is 83.1 Å². The van der Waals surface area contributed by atoms with Gasteiger partial charge in [-0.25, -0.2) is 12.8 Å². The Morgan fingerprint density at radius 3 is 2.26 bits per heavy atom. The van der Waals surface area contributed by atoms with E-state index in [9.17, 15) is 22.4 Å². The second kappa shape index (κ2) is 15.6. The lowest BCUT2D eigenvalue weighted by atomic mass is 10.1. The van der Waals surface area contributed by atoms with Crippen molar-refractivity contribution in [1.82, 2.24) is 10.2 Å². The quantitative estimate of drug-likeness (QED) is 0.224. The number of anilines is 1. The van der Waals surface area contributed by atoms with Crippen molar-refractivity contribution in [2.24, 2.45) is 0 Å². The number of nitrogens with zero attached hydrogens (tertiary/aromatic N) is 2. The maximum atomic E-state index is 14.1. The molecule has 9 nitrogen and oxygen atoms in total. The molecule has 0 fully saturated rings. The van der Waals surface area contributed by atoms with E-state index in [1.54, 1.807) is 31.2 Å². The smallest absolute Gasteiger partial charge is 0.264 e. The molecule has 0 radical (unpaired) electrons. The largest absolute Gasteiger partial charge is 0.493 e. The Labute approximate surface area is 257 Å². The van der Waals surface area contributed by atoms with Crippen LogP contribution in [0.4, 0.5) is 10.1 Å². The summed E-state index contributed by atoms with van der Waals surface area (Å²) in [6.07, 6.45) is 1.91. The van der Waals surface area contributed by atoms with Crippen LogP contribution in [0.25, 0.3) is 0 Å². The summed E-state index contributed by atoms with van der Waals surface area (Å²) in [7, 11) is -1.61. The van der Waals surface area contributed by atoms with Crippen LogP contribution in [0.1, 0.15) is 38.7 Å². The Morgan fingerprint density at radius 1 is 0.977 bits per heavy atom. The number of methoxy groups -OCH3 is 2. The first-order valence-electron chi connectivity index (χ1n) is 13.9. The maximum Gasteiger partial charge on any atom is 0.264 e. The van der Waals surface area contributed by atoms with Gasteiger partial charge in [0.25, 0.3) is 10.0 Å². The van der Waals surface area contributed by atoms with E-state index < -0.39 is 34.3 Å². The lowest BCUT2D eigenvalue weighted by molar-refractivity contribution is -0.140. The zero-order chi connectivity index (χ0) is 31.6. The van der Waals surface area contributed by atoms with Gasteiger partial charge in [0.2, 0.25) is 11.8 Å². The van der Waals surface area contributed by atoms with E-state index in [2.05, 4.69) is 5.32 Å². The molecule has 1 unspecified atom stereocenters. The molecule has 0 aliphatic carbocycles. The highest BCUT2D eigenvalue weighted by atomic mass is 35.5. The Bertz CT molecular complexity index is 1500. The van der Waals surface area contributed by atoms with Gasteiger partial charge in [0.15, 0.2) is 11.5 Å². The lowest BCUT2D eigenvalue weighted by Crippen LogP contribution is -2.52. The molecule has 1 N–H and O–H groups in total. The predicted molar refractivity (Wildman–Crippen MR) is 164 cm³/mol. The summed E-state index contributed by atoms with van der Waals surface area (Å²) < 4.78 is 53.4. The van der Waals surface area contributed by atoms with Crippen LogP contribution in [0.15, 0.2) is 71.6 Å². The van der Waals surface area contributed by atoms with Gasteiger partial charge in [-0.05, 0) is 60.9 Å². The number of ether oxygens (including phenoxy) is 2. The maximum absolute atomic E-state index is 14.1. The Hall–Kier alpha value is -3.83. The Kier molecular flexibility index (Phi) is 12.2. The highest BCUT2D eigenvalue weighted by molar-refractivity contribution is 7.92. The summed E-state index contributed by atoms with van der Waals surface area (Å²) in [6.45, 7) is 3.50. The molecule has 3 aromatic carbocycles. The average Bonchev–Trinajstić information content (AvgIpc) is 3.00. The fourth-order valence-electron chi connectivity index (χ4n) is 4.48. The summed E-state index contributed by atoms with van der Waals surface area (Å²) in [6, 6.07) is 14.8. The minimum absolute atomic E-state index is 0.0358. The van der Waals surface area contributed by atoms with E-state index in [0.717, 1.165) is 29.3 Å². The molecule has 0 heterocycles. The standard InChI is InChI=1S/C31H37ClFN3O6S/c1-5-7-18-34-31(38)27(6-2)35(20-22-10-8-9-11-26(22)32)30(37)21-36(24-14-12-23(33)13-15-24)43(39,40)25-16-17-28(41-3)29(19-25)42-4/h8-17,19,27H,5-7,18,20-21H2,1-4H3,(H,34,38). The highest BCUT2D eigenvalue weighted by Gasteiger charge is 2.34. The van der Waals surface area contributed by atoms with Crippen LogP contribution in [0.2, 0.25) is 5.02 Å². The Balaban J connectivity index is 2.08. The van der Waals surface area contributed by atoms with Gasteiger partial charge in [-0.1, -0.05) is 50.1 Å². The van der Waals surface area contributed by atoms with Crippen LogP contribution in [0, 0.1) is 5.82 Å². The van der Waals surface area contributed by atoms with Gasteiger partial charge >= 0.3 is 0 Å². The number of halogens is 2. The van der Waals surface area contributed by atoms with Gasteiger partial charge in [-0.15, -0.1) is 0 Å². The fourth-order valence-corrected chi connectivity index (χ4v) is 6.10. The minimum Gasteiger partial charge on any atom is -0.493 e. The van der Waals surface area contributed by atoms with E-state index in [1.807, 2.05) is 6.92 Å². The SMILES string of the molecule is CCCCNC(=O)C(CC)N(Cc1ccccc1Cl)C(=O)CN(c1ccc(F)cc1)S(=O)(=O)c1ccc(OC)c(OC)c1. The number of carbonyl (C=O) groups is 2. The zero-order valence-corrected chi connectivity index (χ0v) is 26.3. The molecule has 3 aromatic rings. The first-order valence-corrected chi connectivity index (χ1v) is 15.7. The van der Waals surface area contributed by atoms with E-state index >= 15 is 0 Å². The molecule has 12 heteroatoms. The van der Waals surface area contributed by atoms with Crippen LogP contribution < -0.4 is 19.1 Å². The van der Waals surface area contributed by atoms with Gasteiger partial charge < -0.3 is 19.7 Å². The number of benzene rings is 3. The number of sulfonamides is 1. The van der Waals surface area contributed by atoms with Gasteiger partial charge in [-0.2, -0.15) is 0 Å². The van der Waals surface area contributed by atoms with Crippen molar-refractivity contribution in [2.45, 2.75) is 50.6 Å². The summed E-state index contributed by atoms with van der Waals surface area (Å²) in [5.41, 5.74) is 0.649. The zero-order valence-electron chi connectivity index (χ0n) is 24.7. The fraction of sp³-hybridized carbons (Fsp3) is 0.355. The molecule has 43 heavy (non-hydrogen) atoms. The minimum atomic E-state index is -4.40. The van der Waals surface area contributed by atoms with Crippen LogP contribution in [0.5, 0.6) is 11.5 Å². The van der Waals surface area contributed by atoms with Crippen LogP contribution in [0.3, 0.4) is 0 Å². The number of rotatable bonds is 15. The van der Waals surface area contributed by atoms with Crippen molar-refractivity contribution in [2.75, 3.05) is 31.6 Å². The molecular weight excluding hydrogens is 597 g/mol. The van der Waals surface area contributed by atoms with Gasteiger partial charge in [0, 0.05) is 24.2 Å². The molecule has 0 spiro atoms. The molecule has 3 rings (SSSR count). The van der Waals surface area contributed by atoms with Crippen molar-refractivity contribution >= 4 is 39.1 Å². The first kappa shape index (κ1) is 33.7. The van der Waals surface area contributed by atoms with Crippen molar-refractivity contribution < 1.29 is 31.9 Å². The Morgan fingerprint density at radius 2 is 1.65 bits per heavy atom. The van der Waals surface area contributed by atoms with Crippen molar-refractivity contribution in [3.63, 3.8) is 0 Å². The normalized spacial score (nSPS) is 11.9. The summed E-state index contributed by atoms with van der Waals surface area (Å²) >= 11 is 6.42. The molecule has 0 aromatic heterocycles. The van der Waals surface area contributed by atoms with E-state index in [0.29, 0.717) is 22.9 Å². The number of hydrogen-bond acceptors (Lipinski definition) is 6. The third kappa shape index (κ3) is 8.39. The summed E-state index contributed by atoms with van der Waals surface area (Å²) in [5, 5.41) is 3.27. The topological polar surface area (TPSA) is 105 Å². The molecule has 0 bridgehead atoms. The molecule has 232 valence electrons. The van der Waals surface area contributed by atoms with Crippen molar-refractivity contribution in [3.8, 4) is 11.5 Å². The monoisotopic (exact) mass is 633 g/mol. The lowest BCUT2D eigenvalue weighted by Gasteiger charge is -2.33. The van der Waals surface area contributed by atoms with Crippen molar-refractivity contribution in [1.29, 1.82) is 0 Å². The summed E-state index contributed by atoms with van der Waals surface area (Å²) in [4.78, 5) is 28.6. The molecule has 2 amide bonds. The number of nitrogens with one attached hydrogen (secondary N) is 1. The first-order chi connectivity index (χ1) is 20.6. The summed E-state index contributed by atoms with van der Waals surface area (Å²) in [5.74, 6) is -1.09. The van der Waals surface area contributed by atoms with Crippen LogP contribution >= 0.6 is 11.6 Å². The number of unbranched alkanes of at least 4 members (excludes halogenated alkanes) is 1. The molecular formula is C31H37ClFN3O6S. The van der Waals surface area contributed by atoms with E-state index in [4.69, 9.17) is 21.1 Å². The molecule has 0 aliphatic heterocycles. The molecule has 0 saturated heterocycles. The third-order valence-electron chi connectivity index (χ3n) is 6.85. The second-order valence-electron chi connectivity index (χ2n) is 9.69. The average molecular weight is 634 g/mol. The van der Waals surface area contributed by atoms with Gasteiger partial charge in [0.05, 0.1) is 24.8 Å². The number of amides is 2. The van der Waals surface area contributed by atoms with E-state index in [-0.39, 0.29) is 35.2 Å². The number of carbonyl (C=O) groups excluding carboxylic acids is 2. The number of hydrogen-bond donors (Lipinski definition) is 1. The predicted octanol–water partition coefficient (Wildman–Crippen LogP) is 5.42. The van der Waals surface area contributed by atoms with E-state index in [1.165, 1.54) is 49.5 Å². The van der Waals surface area contributed by atoms with Gasteiger partial charge in [0.1, 0.15) is 18.4 Å². The molecule has 1 atom stereocenters.